The number of likely N-dealkylation sites (N-methyl/N-ethyl adjacent to an activating group) is 1. The topological polar surface area (TPSA) is 119 Å². The Morgan fingerprint density at radius 2 is 1.63 bits per heavy atom. The van der Waals surface area contributed by atoms with Gasteiger partial charge in [0.2, 0.25) is 5.91 Å². The van der Waals surface area contributed by atoms with Crippen molar-refractivity contribution in [2.45, 2.75) is 11.4 Å². The summed E-state index contributed by atoms with van der Waals surface area (Å²) in [6.07, 6.45) is 0. The fourth-order valence-electron chi connectivity index (χ4n) is 3.42. The van der Waals surface area contributed by atoms with E-state index in [1.54, 1.807) is 7.05 Å². The van der Waals surface area contributed by atoms with Crippen LogP contribution in [0.15, 0.2) is 77.7 Å². The summed E-state index contributed by atoms with van der Waals surface area (Å²) in [6.45, 7) is -0.362. The highest BCUT2D eigenvalue weighted by Crippen LogP contribution is 2.37. The van der Waals surface area contributed by atoms with Gasteiger partial charge in [0.15, 0.2) is 4.90 Å². The number of nitrogens with zero attached hydrogens (tertiary/aromatic N) is 3. The molecule has 0 aliphatic rings. The molecule has 0 spiro atoms. The van der Waals surface area contributed by atoms with Crippen molar-refractivity contribution in [1.82, 2.24) is 4.90 Å². The largest absolute Gasteiger partial charge is 0.497 e. The van der Waals surface area contributed by atoms with E-state index in [0.717, 1.165) is 22.0 Å². The van der Waals surface area contributed by atoms with Gasteiger partial charge in [0.1, 0.15) is 18.0 Å². The molecule has 0 aromatic heterocycles. The lowest BCUT2D eigenvalue weighted by Crippen LogP contribution is -2.41. The van der Waals surface area contributed by atoms with Crippen LogP contribution in [0.3, 0.4) is 0 Å². The number of para-hydroxylation sites is 1. The summed E-state index contributed by atoms with van der Waals surface area (Å²) >= 11 is 0. The summed E-state index contributed by atoms with van der Waals surface area (Å²) in [6, 6.07) is 18.6. The molecule has 0 N–H and O–H groups in total. The van der Waals surface area contributed by atoms with Gasteiger partial charge >= 0.3 is 0 Å². The number of anilines is 1. The first-order valence-electron chi connectivity index (χ1n) is 10.4. The summed E-state index contributed by atoms with van der Waals surface area (Å²) in [4.78, 5) is 24.8. The van der Waals surface area contributed by atoms with E-state index in [9.17, 15) is 23.3 Å². The Kier molecular flexibility index (Phi) is 7.92. The number of nitro benzene ring substituents is 1. The van der Waals surface area contributed by atoms with Crippen LogP contribution in [0.25, 0.3) is 0 Å². The molecule has 10 nitrogen and oxygen atoms in total. The number of methoxy groups -OCH3 is 2. The van der Waals surface area contributed by atoms with Gasteiger partial charge in [-0.25, -0.2) is 8.42 Å². The highest BCUT2D eigenvalue weighted by atomic mass is 32.2. The molecule has 3 rings (SSSR count). The predicted molar refractivity (Wildman–Crippen MR) is 130 cm³/mol. The van der Waals surface area contributed by atoms with Gasteiger partial charge in [0.05, 0.1) is 24.8 Å². The first kappa shape index (κ1) is 25.5. The Morgan fingerprint density at radius 1 is 0.971 bits per heavy atom. The number of hydrogen-bond acceptors (Lipinski definition) is 7. The second-order valence-corrected chi connectivity index (χ2v) is 9.34. The summed E-state index contributed by atoms with van der Waals surface area (Å²) < 4.78 is 38.9. The molecule has 35 heavy (non-hydrogen) atoms. The Balaban J connectivity index is 2.08. The van der Waals surface area contributed by atoms with Crippen molar-refractivity contribution < 1.29 is 27.6 Å². The molecule has 0 radical (unpaired) electrons. The van der Waals surface area contributed by atoms with Gasteiger partial charge in [0, 0.05) is 25.7 Å². The third-order valence-electron chi connectivity index (χ3n) is 5.25. The molecule has 3 aromatic rings. The lowest BCUT2D eigenvalue weighted by Gasteiger charge is -2.28. The number of carbonyl (C=O) groups excluding carboxylic acids is 1. The first-order chi connectivity index (χ1) is 16.7. The van der Waals surface area contributed by atoms with Crippen LogP contribution in [0.1, 0.15) is 5.56 Å². The summed E-state index contributed by atoms with van der Waals surface area (Å²) in [7, 11) is -0.221. The molecule has 0 bridgehead atoms. The molecule has 184 valence electrons. The summed E-state index contributed by atoms with van der Waals surface area (Å²) in [5, 5.41) is 11.6. The van der Waals surface area contributed by atoms with Crippen LogP contribution in [-0.4, -0.2) is 52.0 Å². The van der Waals surface area contributed by atoms with Crippen LogP contribution in [-0.2, 0) is 21.4 Å². The molecular weight excluding hydrogens is 474 g/mol. The van der Waals surface area contributed by atoms with E-state index >= 15 is 0 Å². The molecule has 0 unspecified atom stereocenters. The fraction of sp³-hybridized carbons (Fsp3) is 0.208. The molecule has 0 saturated carbocycles. The van der Waals surface area contributed by atoms with Crippen LogP contribution < -0.4 is 13.8 Å². The van der Waals surface area contributed by atoms with Crippen molar-refractivity contribution >= 4 is 27.3 Å². The molecule has 0 fully saturated rings. The van der Waals surface area contributed by atoms with E-state index in [-0.39, 0.29) is 18.0 Å². The number of sulfonamides is 1. The highest BCUT2D eigenvalue weighted by Gasteiger charge is 2.35. The minimum Gasteiger partial charge on any atom is -0.497 e. The number of hydrogen-bond donors (Lipinski definition) is 0. The molecule has 1 amide bonds. The zero-order valence-corrected chi connectivity index (χ0v) is 20.3. The minimum absolute atomic E-state index is 0.0351. The Bertz CT molecular complexity index is 1310. The van der Waals surface area contributed by atoms with E-state index in [1.165, 1.54) is 49.5 Å². The van der Waals surface area contributed by atoms with Gasteiger partial charge in [-0.15, -0.1) is 0 Å². The third-order valence-corrected chi connectivity index (χ3v) is 7.06. The molecule has 0 aliphatic carbocycles. The predicted octanol–water partition coefficient (Wildman–Crippen LogP) is 3.47. The first-order valence-corrected chi connectivity index (χ1v) is 11.9. The van der Waals surface area contributed by atoms with Crippen molar-refractivity contribution in [3.8, 4) is 11.5 Å². The zero-order valence-electron chi connectivity index (χ0n) is 19.5. The second-order valence-electron chi connectivity index (χ2n) is 7.51. The molecule has 0 aliphatic heterocycles. The van der Waals surface area contributed by atoms with E-state index in [1.807, 2.05) is 30.3 Å². The Labute approximate surface area is 203 Å². The van der Waals surface area contributed by atoms with Gasteiger partial charge < -0.3 is 14.4 Å². The Hall–Kier alpha value is -4.12. The molecular formula is C24H25N3O7S. The maximum absolute atomic E-state index is 13.8. The maximum Gasteiger partial charge on any atom is 0.289 e. The second kappa shape index (κ2) is 10.9. The number of rotatable bonds is 10. The lowest BCUT2D eigenvalue weighted by atomic mass is 10.2. The van der Waals surface area contributed by atoms with Crippen LogP contribution in [0, 0.1) is 10.1 Å². The van der Waals surface area contributed by atoms with Gasteiger partial charge in [-0.05, 0) is 23.8 Å². The molecule has 0 heterocycles. The number of nitro groups is 1. The lowest BCUT2D eigenvalue weighted by molar-refractivity contribution is -0.387. The van der Waals surface area contributed by atoms with Gasteiger partial charge in [-0.3, -0.25) is 19.2 Å². The Morgan fingerprint density at radius 3 is 2.26 bits per heavy atom. The van der Waals surface area contributed by atoms with Crippen molar-refractivity contribution in [2.24, 2.45) is 0 Å². The van der Waals surface area contributed by atoms with Gasteiger partial charge in [-0.1, -0.05) is 42.5 Å². The van der Waals surface area contributed by atoms with E-state index in [4.69, 9.17) is 9.47 Å². The molecule has 0 saturated heterocycles. The average Bonchev–Trinajstić information content (AvgIpc) is 2.87. The van der Waals surface area contributed by atoms with Crippen molar-refractivity contribution in [1.29, 1.82) is 0 Å². The van der Waals surface area contributed by atoms with Gasteiger partial charge in [0.25, 0.3) is 15.7 Å². The van der Waals surface area contributed by atoms with Crippen molar-refractivity contribution in [3.63, 3.8) is 0 Å². The number of carbonyl (C=O) groups is 1. The number of ether oxygens (including phenoxy) is 2. The number of benzene rings is 3. The molecule has 0 atom stereocenters. The third kappa shape index (κ3) is 5.69. The molecule has 11 heteroatoms. The van der Waals surface area contributed by atoms with Crippen LogP contribution in [0.2, 0.25) is 0 Å². The summed E-state index contributed by atoms with van der Waals surface area (Å²) in [5.74, 6) is 0.0000618. The fourth-order valence-corrected chi connectivity index (χ4v) is 5.01. The van der Waals surface area contributed by atoms with Crippen molar-refractivity contribution in [3.05, 3.63) is 88.5 Å². The van der Waals surface area contributed by atoms with Crippen LogP contribution in [0.5, 0.6) is 11.5 Å². The van der Waals surface area contributed by atoms with E-state index in [0.29, 0.717) is 5.75 Å². The smallest absolute Gasteiger partial charge is 0.289 e. The van der Waals surface area contributed by atoms with Crippen LogP contribution >= 0.6 is 0 Å². The van der Waals surface area contributed by atoms with Gasteiger partial charge in [-0.2, -0.15) is 0 Å². The maximum atomic E-state index is 13.8. The standard InChI is InChI=1S/C24H25N3O7S/c1-25(16-18-9-5-4-6-10-18)24(28)17-26(20-14-13-19(33-2)15-22(20)34-3)35(31,32)23-12-8-7-11-21(23)27(29)30/h4-15H,16-17H2,1-3H3. The average molecular weight is 500 g/mol. The van der Waals surface area contributed by atoms with Crippen LogP contribution in [0.4, 0.5) is 11.4 Å². The molecule has 3 aromatic carbocycles. The normalized spacial score (nSPS) is 10.9. The number of amides is 1. The quantitative estimate of drug-likeness (QED) is 0.309. The van der Waals surface area contributed by atoms with Crippen molar-refractivity contribution in [2.75, 3.05) is 32.1 Å². The SMILES string of the molecule is COc1ccc(N(CC(=O)N(C)Cc2ccccc2)S(=O)(=O)c2ccccc2[N+](=O)[O-])c(OC)c1. The highest BCUT2D eigenvalue weighted by molar-refractivity contribution is 7.93. The minimum atomic E-state index is -4.56. The monoisotopic (exact) mass is 499 g/mol. The van der Waals surface area contributed by atoms with E-state index < -0.39 is 38.0 Å². The zero-order chi connectivity index (χ0) is 25.6. The summed E-state index contributed by atoms with van der Waals surface area (Å²) in [5.41, 5.74) is 0.293. The van der Waals surface area contributed by atoms with E-state index in [2.05, 4.69) is 0 Å².